The Labute approximate surface area is 142 Å². The summed E-state index contributed by atoms with van der Waals surface area (Å²) in [5.41, 5.74) is 1.25. The number of hydrogen-bond acceptors (Lipinski definition) is 3. The molecule has 0 amide bonds. The van der Waals surface area contributed by atoms with Gasteiger partial charge in [0.25, 0.3) is 0 Å². The highest BCUT2D eigenvalue weighted by Crippen LogP contribution is 2.46. The maximum Gasteiger partial charge on any atom is 0.0864 e. The van der Waals surface area contributed by atoms with Crippen LogP contribution in [0, 0.1) is 11.3 Å². The van der Waals surface area contributed by atoms with Gasteiger partial charge in [-0.3, -0.25) is 9.31 Å². The Balaban J connectivity index is 1.94. The van der Waals surface area contributed by atoms with Gasteiger partial charge in [0.15, 0.2) is 0 Å². The minimum absolute atomic E-state index is 0.297. The first-order valence-corrected chi connectivity index (χ1v) is 10.3. The Hall–Kier alpha value is -1.04. The van der Waals surface area contributed by atoms with E-state index in [2.05, 4.69) is 29.9 Å². The van der Waals surface area contributed by atoms with Gasteiger partial charge in [-0.2, -0.15) is 5.10 Å². The van der Waals surface area contributed by atoms with Gasteiger partial charge in [0.05, 0.1) is 17.8 Å². The fourth-order valence-corrected chi connectivity index (χ4v) is 5.46. The summed E-state index contributed by atoms with van der Waals surface area (Å²) >= 11 is 6.20. The van der Waals surface area contributed by atoms with E-state index in [4.69, 9.17) is 11.6 Å². The molecule has 1 fully saturated rings. The van der Waals surface area contributed by atoms with Gasteiger partial charge >= 0.3 is 0 Å². The molecule has 1 aromatic heterocycles. The lowest BCUT2D eigenvalue weighted by Gasteiger charge is -2.41. The number of H-pyrrole nitrogens is 1. The van der Waals surface area contributed by atoms with Crippen LogP contribution in [0.5, 0.6) is 0 Å². The zero-order valence-electron chi connectivity index (χ0n) is 13.5. The standard InChI is InChI=1S/C17H23ClN2O2S/c1-17(2,12-4-6-23(3,22)7-5-12)16(21)14-9-13(18)8-11-10-19-20-15(11)14/h8-10,12,16,21H,3-7H2,1-2H3,(H,19,20). The summed E-state index contributed by atoms with van der Waals surface area (Å²) in [6.45, 7) is 4.14. The summed E-state index contributed by atoms with van der Waals surface area (Å²) in [6, 6.07) is 3.64. The van der Waals surface area contributed by atoms with Crippen LogP contribution in [-0.4, -0.2) is 36.9 Å². The first-order valence-electron chi connectivity index (χ1n) is 7.84. The van der Waals surface area contributed by atoms with Crippen LogP contribution in [0.3, 0.4) is 0 Å². The van der Waals surface area contributed by atoms with E-state index in [1.165, 1.54) is 0 Å². The SMILES string of the molecule is C=S1(=O)CCC(C(C)(C)C(O)c2cc(Cl)cc3cn[nH]c23)CC1. The zero-order valence-corrected chi connectivity index (χ0v) is 15.1. The number of aliphatic hydroxyl groups is 1. The molecule has 23 heavy (non-hydrogen) atoms. The van der Waals surface area contributed by atoms with Gasteiger partial charge in [-0.25, -0.2) is 0 Å². The number of nitrogens with one attached hydrogen (secondary N) is 1. The minimum atomic E-state index is -1.92. The third-order valence-electron chi connectivity index (χ3n) is 5.27. The van der Waals surface area contributed by atoms with Crippen molar-refractivity contribution in [1.82, 2.24) is 10.2 Å². The molecule has 0 radical (unpaired) electrons. The predicted molar refractivity (Wildman–Crippen MR) is 97.6 cm³/mol. The van der Waals surface area contributed by atoms with Gasteiger partial charge in [0.2, 0.25) is 0 Å². The number of rotatable bonds is 3. The average molecular weight is 355 g/mol. The van der Waals surface area contributed by atoms with Crippen molar-refractivity contribution in [2.24, 2.45) is 11.3 Å². The molecule has 0 aliphatic carbocycles. The summed E-state index contributed by atoms with van der Waals surface area (Å²) in [5.74, 6) is 5.41. The largest absolute Gasteiger partial charge is 0.388 e. The molecule has 6 heteroatoms. The Morgan fingerprint density at radius 2 is 2.09 bits per heavy atom. The molecule has 2 aromatic rings. The van der Waals surface area contributed by atoms with Gasteiger partial charge in [-0.1, -0.05) is 25.4 Å². The molecule has 1 aliphatic rings. The fourth-order valence-electron chi connectivity index (χ4n) is 3.59. The van der Waals surface area contributed by atoms with E-state index in [9.17, 15) is 9.32 Å². The van der Waals surface area contributed by atoms with Crippen molar-refractivity contribution in [2.75, 3.05) is 11.5 Å². The smallest absolute Gasteiger partial charge is 0.0864 e. The van der Waals surface area contributed by atoms with Crippen LogP contribution in [0.1, 0.15) is 38.4 Å². The first kappa shape index (κ1) is 16.8. The van der Waals surface area contributed by atoms with E-state index in [1.807, 2.05) is 12.1 Å². The second-order valence-electron chi connectivity index (χ2n) is 7.20. The van der Waals surface area contributed by atoms with Crippen LogP contribution in [0.4, 0.5) is 0 Å². The van der Waals surface area contributed by atoms with Gasteiger partial charge in [0, 0.05) is 27.5 Å². The topological polar surface area (TPSA) is 66.0 Å². The Morgan fingerprint density at radius 3 is 2.74 bits per heavy atom. The number of nitrogens with zero attached hydrogens (tertiary/aromatic N) is 1. The third kappa shape index (κ3) is 3.14. The molecule has 0 spiro atoms. The number of hydrogen-bond donors (Lipinski definition) is 2. The number of halogens is 1. The van der Waals surface area contributed by atoms with E-state index in [0.717, 1.165) is 29.3 Å². The number of aliphatic hydroxyl groups excluding tert-OH is 1. The fraction of sp³-hybridized carbons (Fsp3) is 0.529. The number of fused-ring (bicyclic) bond motifs is 1. The lowest BCUT2D eigenvalue weighted by Crippen LogP contribution is -2.37. The molecule has 4 nitrogen and oxygen atoms in total. The molecule has 1 atom stereocenters. The second kappa shape index (κ2) is 5.80. The molecular formula is C17H23ClN2O2S. The molecular weight excluding hydrogens is 332 g/mol. The highest BCUT2D eigenvalue weighted by atomic mass is 35.5. The van der Waals surface area contributed by atoms with Gasteiger partial charge in [-0.05, 0) is 51.7 Å². The highest BCUT2D eigenvalue weighted by Gasteiger charge is 2.40. The molecule has 2 heterocycles. The van der Waals surface area contributed by atoms with Crippen molar-refractivity contribution >= 4 is 37.9 Å². The van der Waals surface area contributed by atoms with E-state index < -0.39 is 15.6 Å². The maximum atomic E-state index is 12.1. The van der Waals surface area contributed by atoms with Crippen LogP contribution >= 0.6 is 11.6 Å². The quantitative estimate of drug-likeness (QED) is 0.830. The monoisotopic (exact) mass is 354 g/mol. The number of aromatic nitrogens is 2. The maximum absolute atomic E-state index is 12.1. The summed E-state index contributed by atoms with van der Waals surface area (Å²) in [6.07, 6.45) is 2.70. The summed E-state index contributed by atoms with van der Waals surface area (Å²) in [4.78, 5) is 0. The van der Waals surface area contributed by atoms with Crippen molar-refractivity contribution in [2.45, 2.75) is 32.8 Å². The van der Waals surface area contributed by atoms with Crippen molar-refractivity contribution < 1.29 is 9.32 Å². The molecule has 2 N–H and O–H groups in total. The van der Waals surface area contributed by atoms with E-state index in [1.54, 1.807) is 6.20 Å². The predicted octanol–water partition coefficient (Wildman–Crippen LogP) is 3.40. The normalized spacial score (nSPS) is 27.2. The van der Waals surface area contributed by atoms with Gasteiger partial charge in [0.1, 0.15) is 0 Å². The Morgan fingerprint density at radius 1 is 1.43 bits per heavy atom. The van der Waals surface area contributed by atoms with Crippen LogP contribution < -0.4 is 0 Å². The van der Waals surface area contributed by atoms with E-state index in [-0.39, 0.29) is 5.41 Å². The summed E-state index contributed by atoms with van der Waals surface area (Å²) < 4.78 is 12.1. The van der Waals surface area contributed by atoms with Gasteiger partial charge in [-0.15, -0.1) is 0 Å². The van der Waals surface area contributed by atoms with Gasteiger partial charge < -0.3 is 5.11 Å². The lowest BCUT2D eigenvalue weighted by molar-refractivity contribution is 0.00175. The molecule has 0 bridgehead atoms. The number of aromatic amines is 1. The van der Waals surface area contributed by atoms with Crippen molar-refractivity contribution in [3.63, 3.8) is 0 Å². The highest BCUT2D eigenvalue weighted by molar-refractivity contribution is 8.00. The molecule has 1 aromatic carbocycles. The van der Waals surface area contributed by atoms with Crippen molar-refractivity contribution in [3.05, 3.63) is 28.9 Å². The Bertz CT molecular complexity index is 812. The second-order valence-corrected chi connectivity index (χ2v) is 10.4. The Kier molecular flexibility index (Phi) is 4.23. The zero-order chi connectivity index (χ0) is 16.8. The molecule has 0 saturated carbocycles. The number of benzene rings is 1. The molecule has 1 saturated heterocycles. The van der Waals surface area contributed by atoms with Crippen LogP contribution in [-0.2, 0) is 9.52 Å². The van der Waals surface area contributed by atoms with Crippen LogP contribution in [0.2, 0.25) is 5.02 Å². The molecule has 126 valence electrons. The van der Waals surface area contributed by atoms with E-state index >= 15 is 0 Å². The third-order valence-corrected chi connectivity index (χ3v) is 7.45. The van der Waals surface area contributed by atoms with E-state index in [0.29, 0.717) is 22.4 Å². The van der Waals surface area contributed by atoms with Crippen LogP contribution in [0.25, 0.3) is 10.9 Å². The van der Waals surface area contributed by atoms with Crippen molar-refractivity contribution in [1.29, 1.82) is 0 Å². The molecule has 1 aliphatic heterocycles. The molecule has 3 rings (SSSR count). The lowest BCUT2D eigenvalue weighted by atomic mass is 9.69. The average Bonchev–Trinajstić information content (AvgIpc) is 2.93. The molecule has 1 unspecified atom stereocenters. The summed E-state index contributed by atoms with van der Waals surface area (Å²) in [5, 5.41) is 19.6. The minimum Gasteiger partial charge on any atom is -0.388 e. The van der Waals surface area contributed by atoms with Crippen LogP contribution in [0.15, 0.2) is 18.3 Å². The first-order chi connectivity index (χ1) is 10.7. The van der Waals surface area contributed by atoms with Crippen molar-refractivity contribution in [3.8, 4) is 0 Å². The summed E-state index contributed by atoms with van der Waals surface area (Å²) in [7, 11) is -1.92.